The molecule has 0 bridgehead atoms. The highest BCUT2D eigenvalue weighted by molar-refractivity contribution is 6.08. The van der Waals surface area contributed by atoms with E-state index in [4.69, 9.17) is 4.74 Å². The van der Waals surface area contributed by atoms with Gasteiger partial charge < -0.3 is 14.7 Å². The summed E-state index contributed by atoms with van der Waals surface area (Å²) in [6.07, 6.45) is -1.92. The Labute approximate surface area is 200 Å². The number of methoxy groups -OCH3 is 1. The van der Waals surface area contributed by atoms with Crippen LogP contribution in [-0.2, 0) is 15.8 Å². The van der Waals surface area contributed by atoms with Gasteiger partial charge in [0.2, 0.25) is 0 Å². The average molecular weight is 483 g/mol. The number of hydrogen-bond acceptors (Lipinski definition) is 5. The van der Waals surface area contributed by atoms with Crippen molar-refractivity contribution in [2.45, 2.75) is 50.6 Å². The molecule has 0 atom stereocenters. The Morgan fingerprint density at radius 3 is 2.09 bits per heavy atom. The van der Waals surface area contributed by atoms with E-state index >= 15 is 0 Å². The Morgan fingerprint density at radius 1 is 0.914 bits per heavy atom. The molecule has 8 heteroatoms. The van der Waals surface area contributed by atoms with Gasteiger partial charge >= 0.3 is 6.18 Å². The number of phenols is 1. The van der Waals surface area contributed by atoms with Gasteiger partial charge in [0.05, 0.1) is 12.7 Å². The van der Waals surface area contributed by atoms with Gasteiger partial charge in [0.15, 0.2) is 23.1 Å². The number of ether oxygens (including phenoxy) is 1. The van der Waals surface area contributed by atoms with Crippen LogP contribution in [0.3, 0.4) is 0 Å². The summed E-state index contributed by atoms with van der Waals surface area (Å²) in [6, 6.07) is 9.94. The lowest BCUT2D eigenvalue weighted by molar-refractivity contribution is -0.137. The van der Waals surface area contributed by atoms with Crippen LogP contribution in [-0.4, -0.2) is 23.8 Å². The minimum absolute atomic E-state index is 0.150. The average Bonchev–Trinajstić information content (AvgIpc) is 2.83. The summed E-state index contributed by atoms with van der Waals surface area (Å²) in [5.74, 6) is -1.06. The Morgan fingerprint density at radius 2 is 1.51 bits per heavy atom. The summed E-state index contributed by atoms with van der Waals surface area (Å²) >= 11 is 0. The van der Waals surface area contributed by atoms with Crippen molar-refractivity contribution in [2.75, 3.05) is 12.0 Å². The van der Waals surface area contributed by atoms with Crippen molar-refractivity contribution < 1.29 is 32.6 Å². The molecule has 2 aromatic rings. The molecular weight excluding hydrogens is 459 g/mol. The molecule has 0 saturated carbocycles. The smallest absolute Gasteiger partial charge is 0.416 e. The van der Waals surface area contributed by atoms with Gasteiger partial charge in [0.1, 0.15) is 0 Å². The third-order valence-electron chi connectivity index (χ3n) is 6.97. The van der Waals surface area contributed by atoms with Crippen molar-refractivity contribution in [2.24, 2.45) is 0 Å². The third kappa shape index (κ3) is 3.81. The van der Waals surface area contributed by atoms with Crippen LogP contribution in [0, 0.1) is 0 Å². The lowest BCUT2D eigenvalue weighted by Gasteiger charge is -2.44. The van der Waals surface area contributed by atoms with E-state index in [0.29, 0.717) is 53.8 Å². The molecule has 1 heterocycles. The monoisotopic (exact) mass is 483 g/mol. The fourth-order valence-corrected chi connectivity index (χ4v) is 5.50. The number of aromatic hydroxyl groups is 1. The van der Waals surface area contributed by atoms with Crippen molar-refractivity contribution in [3.05, 3.63) is 76.1 Å². The number of carbonyl (C=O) groups excluding carboxylic acids is 2. The summed E-state index contributed by atoms with van der Waals surface area (Å²) < 4.78 is 45.9. The first kappa shape index (κ1) is 23.2. The maximum atomic E-state index is 13.5. The highest BCUT2D eigenvalue weighted by Crippen LogP contribution is 2.53. The molecule has 0 spiro atoms. The molecule has 0 saturated heterocycles. The van der Waals surface area contributed by atoms with E-state index in [1.54, 1.807) is 29.2 Å². The largest absolute Gasteiger partial charge is 0.504 e. The SMILES string of the molecule is COc1cccc(C2C3=C(CCCC3=O)N(c3cccc(C(F)(F)F)c3)C3=C2C(=O)CCC3)c1O. The number of hydrogen-bond donors (Lipinski definition) is 1. The standard InChI is InChI=1S/C27H24F3NO4/c1-35-22-13-3-8-17(26(22)34)23-24-18(9-4-11-20(24)32)31(19-10-5-12-21(33)25(19)23)16-7-2-6-15(14-16)27(28,29)30/h2-3,6-8,13-14,23,34H,4-5,9-12H2,1H3. The molecule has 1 N–H and O–H groups in total. The van der Waals surface area contributed by atoms with E-state index in [9.17, 15) is 27.9 Å². The van der Waals surface area contributed by atoms with Crippen molar-refractivity contribution in [1.29, 1.82) is 0 Å². The van der Waals surface area contributed by atoms with Crippen LogP contribution in [0.2, 0.25) is 0 Å². The van der Waals surface area contributed by atoms with Crippen molar-refractivity contribution in [3.63, 3.8) is 0 Å². The number of alkyl halides is 3. The quantitative estimate of drug-likeness (QED) is 0.577. The molecule has 35 heavy (non-hydrogen) atoms. The second kappa shape index (κ2) is 8.59. The predicted molar refractivity (Wildman–Crippen MR) is 123 cm³/mol. The number of allylic oxidation sites excluding steroid dienone is 4. The number of benzene rings is 2. The first-order chi connectivity index (χ1) is 16.7. The molecule has 5 rings (SSSR count). The van der Waals surface area contributed by atoms with E-state index in [1.807, 2.05) is 0 Å². The number of nitrogens with zero attached hydrogens (tertiary/aromatic N) is 1. The molecular formula is C27H24F3NO4. The van der Waals surface area contributed by atoms with Crippen molar-refractivity contribution in [1.82, 2.24) is 0 Å². The molecule has 2 aromatic carbocycles. The summed E-state index contributed by atoms with van der Waals surface area (Å²) in [5.41, 5.74) is 1.80. The van der Waals surface area contributed by atoms with E-state index in [0.717, 1.165) is 12.1 Å². The highest BCUT2D eigenvalue weighted by atomic mass is 19.4. The lowest BCUT2D eigenvalue weighted by Crippen LogP contribution is -2.39. The molecule has 5 nitrogen and oxygen atoms in total. The van der Waals surface area contributed by atoms with E-state index in [-0.39, 0.29) is 41.6 Å². The van der Waals surface area contributed by atoms with Gasteiger partial charge in [-0.25, -0.2) is 0 Å². The first-order valence-electron chi connectivity index (χ1n) is 11.6. The van der Waals surface area contributed by atoms with Crippen LogP contribution < -0.4 is 9.64 Å². The zero-order chi connectivity index (χ0) is 24.9. The first-order valence-corrected chi connectivity index (χ1v) is 11.6. The number of anilines is 1. The maximum Gasteiger partial charge on any atom is 0.416 e. The van der Waals surface area contributed by atoms with Gasteiger partial charge in [-0.05, 0) is 49.9 Å². The maximum absolute atomic E-state index is 13.5. The highest BCUT2D eigenvalue weighted by Gasteiger charge is 2.45. The molecule has 0 fully saturated rings. The lowest BCUT2D eigenvalue weighted by atomic mass is 9.70. The molecule has 3 aliphatic rings. The van der Waals surface area contributed by atoms with Gasteiger partial charge in [-0.2, -0.15) is 13.2 Å². The van der Waals surface area contributed by atoms with Gasteiger partial charge in [-0.15, -0.1) is 0 Å². The molecule has 2 aliphatic carbocycles. The number of Topliss-reactive ketones (excluding diaryl/α,β-unsaturated/α-hetero) is 2. The zero-order valence-electron chi connectivity index (χ0n) is 19.1. The molecule has 1 aliphatic heterocycles. The van der Waals surface area contributed by atoms with Crippen LogP contribution in [0.5, 0.6) is 11.5 Å². The van der Waals surface area contributed by atoms with Gasteiger partial charge in [0, 0.05) is 52.6 Å². The second-order valence-electron chi connectivity index (χ2n) is 8.99. The molecule has 0 amide bonds. The summed E-state index contributed by atoms with van der Waals surface area (Å²) in [6.45, 7) is 0. The molecule has 0 radical (unpaired) electrons. The van der Waals surface area contributed by atoms with Crippen LogP contribution in [0.15, 0.2) is 65.0 Å². The summed E-state index contributed by atoms with van der Waals surface area (Å²) in [7, 11) is 1.42. The second-order valence-corrected chi connectivity index (χ2v) is 8.99. The van der Waals surface area contributed by atoms with Gasteiger partial charge in [-0.3, -0.25) is 9.59 Å². The van der Waals surface area contributed by atoms with Crippen LogP contribution in [0.4, 0.5) is 18.9 Å². The van der Waals surface area contributed by atoms with Crippen LogP contribution in [0.25, 0.3) is 0 Å². The molecule has 0 unspecified atom stereocenters. The minimum atomic E-state index is -4.53. The summed E-state index contributed by atoms with van der Waals surface area (Å²) in [4.78, 5) is 28.4. The molecule has 182 valence electrons. The number of phenolic OH excluding ortho intramolecular Hbond substituents is 1. The number of para-hydroxylation sites is 1. The fourth-order valence-electron chi connectivity index (χ4n) is 5.50. The van der Waals surface area contributed by atoms with Crippen molar-refractivity contribution in [3.8, 4) is 11.5 Å². The number of halogens is 3. The Hall–Kier alpha value is -3.55. The number of ketones is 2. The normalized spacial score (nSPS) is 19.1. The number of rotatable bonds is 3. The van der Waals surface area contributed by atoms with Gasteiger partial charge in [0.25, 0.3) is 0 Å². The van der Waals surface area contributed by atoms with Gasteiger partial charge in [-0.1, -0.05) is 18.2 Å². The number of carbonyl (C=O) groups is 2. The van der Waals surface area contributed by atoms with Crippen LogP contribution >= 0.6 is 0 Å². The molecule has 0 aromatic heterocycles. The predicted octanol–water partition coefficient (Wildman–Crippen LogP) is 6.04. The Kier molecular flexibility index (Phi) is 5.69. The third-order valence-corrected chi connectivity index (χ3v) is 6.97. The van der Waals surface area contributed by atoms with E-state index in [1.165, 1.54) is 13.2 Å². The summed E-state index contributed by atoms with van der Waals surface area (Å²) in [5, 5.41) is 11.0. The Bertz CT molecular complexity index is 1250. The van der Waals surface area contributed by atoms with Crippen molar-refractivity contribution >= 4 is 17.3 Å². The Balaban J connectivity index is 1.79. The zero-order valence-corrected chi connectivity index (χ0v) is 19.1. The minimum Gasteiger partial charge on any atom is -0.504 e. The van der Waals surface area contributed by atoms with E-state index in [2.05, 4.69) is 0 Å². The topological polar surface area (TPSA) is 66.8 Å². The van der Waals surface area contributed by atoms with E-state index < -0.39 is 17.7 Å². The van der Waals surface area contributed by atoms with Crippen LogP contribution in [0.1, 0.15) is 55.6 Å². The fraction of sp³-hybridized carbons (Fsp3) is 0.333.